The Morgan fingerprint density at radius 3 is 3.00 bits per heavy atom. The molecule has 3 nitrogen and oxygen atoms in total. The van der Waals surface area contributed by atoms with Crippen molar-refractivity contribution in [3.05, 3.63) is 35.4 Å². The van der Waals surface area contributed by atoms with E-state index in [1.807, 2.05) is 12.1 Å². The van der Waals surface area contributed by atoms with Gasteiger partial charge in [0.25, 0.3) is 0 Å². The second-order valence-electron chi connectivity index (χ2n) is 4.11. The molecule has 0 amide bonds. The summed E-state index contributed by atoms with van der Waals surface area (Å²) in [5.74, 6) is 0.883. The molecule has 1 aromatic rings. The van der Waals surface area contributed by atoms with Gasteiger partial charge in [-0.1, -0.05) is 18.2 Å². The highest BCUT2D eigenvalue weighted by Crippen LogP contribution is 2.40. The SMILES string of the molecule is COc1cccc2c1C(C(C)SCS(=O)O)=CC2. The number of fused-ring (bicyclic) bond motifs is 1. The molecule has 2 unspecified atom stereocenters. The molecule has 18 heavy (non-hydrogen) atoms. The Morgan fingerprint density at radius 2 is 2.33 bits per heavy atom. The summed E-state index contributed by atoms with van der Waals surface area (Å²) in [4.78, 5) is 0. The standard InChI is InChI=1S/C13H16O3S2/c1-9(17-8-18(14)15)11-7-6-10-4-3-5-12(16-2)13(10)11/h3-5,7,9H,6,8H2,1-2H3,(H,14,15). The van der Waals surface area contributed by atoms with Gasteiger partial charge in [0.2, 0.25) is 0 Å². The van der Waals surface area contributed by atoms with Gasteiger partial charge in [-0.15, -0.1) is 11.8 Å². The van der Waals surface area contributed by atoms with Crippen LogP contribution in [0, 0.1) is 0 Å². The van der Waals surface area contributed by atoms with Crippen molar-refractivity contribution in [2.75, 3.05) is 12.2 Å². The summed E-state index contributed by atoms with van der Waals surface area (Å²) < 4.78 is 25.0. The van der Waals surface area contributed by atoms with Gasteiger partial charge in [-0.2, -0.15) is 0 Å². The number of hydrogen-bond acceptors (Lipinski definition) is 3. The van der Waals surface area contributed by atoms with Crippen molar-refractivity contribution in [1.82, 2.24) is 0 Å². The molecule has 98 valence electrons. The molecule has 2 rings (SSSR count). The van der Waals surface area contributed by atoms with Crippen LogP contribution in [0.3, 0.4) is 0 Å². The summed E-state index contributed by atoms with van der Waals surface area (Å²) in [7, 11) is 1.67. The summed E-state index contributed by atoms with van der Waals surface area (Å²) in [6.45, 7) is 2.06. The van der Waals surface area contributed by atoms with Gasteiger partial charge in [0.15, 0.2) is 11.1 Å². The van der Waals surface area contributed by atoms with Crippen LogP contribution in [0.4, 0.5) is 0 Å². The van der Waals surface area contributed by atoms with Gasteiger partial charge in [-0.25, -0.2) is 4.21 Å². The zero-order valence-corrected chi connectivity index (χ0v) is 12.0. The van der Waals surface area contributed by atoms with Gasteiger partial charge < -0.3 is 9.29 Å². The zero-order chi connectivity index (χ0) is 13.1. The largest absolute Gasteiger partial charge is 0.496 e. The number of hydrogen-bond donors (Lipinski definition) is 1. The van der Waals surface area contributed by atoms with Crippen LogP contribution in [-0.4, -0.2) is 26.2 Å². The first-order valence-corrected chi connectivity index (χ1v) is 8.01. The Hall–Kier alpha value is -0.780. The van der Waals surface area contributed by atoms with E-state index in [4.69, 9.17) is 9.29 Å². The lowest BCUT2D eigenvalue weighted by atomic mass is 10.0. The number of allylic oxidation sites excluding steroid dienone is 1. The molecule has 0 heterocycles. The lowest BCUT2D eigenvalue weighted by molar-refractivity contribution is 0.413. The molecule has 1 aliphatic carbocycles. The fourth-order valence-corrected chi connectivity index (χ4v) is 3.86. The Kier molecular flexibility index (Phi) is 4.48. The first-order valence-electron chi connectivity index (χ1n) is 5.69. The quantitative estimate of drug-likeness (QED) is 0.845. The van der Waals surface area contributed by atoms with Crippen LogP contribution in [0.25, 0.3) is 5.57 Å². The minimum atomic E-state index is -1.75. The molecule has 1 aromatic carbocycles. The van der Waals surface area contributed by atoms with Gasteiger partial charge >= 0.3 is 0 Å². The first-order chi connectivity index (χ1) is 8.63. The van der Waals surface area contributed by atoms with Gasteiger partial charge in [-0.3, -0.25) is 0 Å². The van der Waals surface area contributed by atoms with Crippen molar-refractivity contribution in [1.29, 1.82) is 0 Å². The highest BCUT2D eigenvalue weighted by atomic mass is 32.2. The van der Waals surface area contributed by atoms with Crippen molar-refractivity contribution >= 4 is 28.4 Å². The van der Waals surface area contributed by atoms with Gasteiger partial charge in [-0.05, 0) is 30.5 Å². The molecular weight excluding hydrogens is 268 g/mol. The third-order valence-corrected chi connectivity index (χ3v) is 5.12. The molecule has 0 radical (unpaired) electrons. The van der Waals surface area contributed by atoms with E-state index in [9.17, 15) is 4.21 Å². The summed E-state index contributed by atoms with van der Waals surface area (Å²) in [5, 5.41) is 0.432. The molecule has 0 saturated carbocycles. The lowest BCUT2D eigenvalue weighted by Crippen LogP contribution is -2.04. The van der Waals surface area contributed by atoms with Crippen LogP contribution >= 0.6 is 11.8 Å². The Labute approximate surface area is 114 Å². The topological polar surface area (TPSA) is 46.5 Å². The monoisotopic (exact) mass is 284 g/mol. The maximum atomic E-state index is 10.7. The number of ether oxygens (including phenoxy) is 1. The molecule has 2 atom stereocenters. The molecule has 5 heteroatoms. The van der Waals surface area contributed by atoms with E-state index in [1.165, 1.54) is 22.9 Å². The Morgan fingerprint density at radius 1 is 1.56 bits per heavy atom. The van der Waals surface area contributed by atoms with E-state index >= 15 is 0 Å². The van der Waals surface area contributed by atoms with Crippen molar-refractivity contribution in [2.24, 2.45) is 0 Å². The van der Waals surface area contributed by atoms with Crippen molar-refractivity contribution < 1.29 is 13.5 Å². The normalized spacial score (nSPS) is 16.9. The number of benzene rings is 1. The molecule has 0 aromatic heterocycles. The smallest absolute Gasteiger partial charge is 0.163 e. The summed E-state index contributed by atoms with van der Waals surface area (Å²) in [6, 6.07) is 6.05. The summed E-state index contributed by atoms with van der Waals surface area (Å²) in [6.07, 6.45) is 3.10. The molecule has 1 N–H and O–H groups in total. The van der Waals surface area contributed by atoms with Crippen LogP contribution in [0.2, 0.25) is 0 Å². The first kappa shape index (κ1) is 13.6. The molecule has 0 saturated heterocycles. The second kappa shape index (κ2) is 5.91. The molecule has 0 fully saturated rings. The number of rotatable bonds is 5. The predicted molar refractivity (Wildman–Crippen MR) is 77.4 cm³/mol. The van der Waals surface area contributed by atoms with Crippen molar-refractivity contribution in [2.45, 2.75) is 18.6 Å². The minimum Gasteiger partial charge on any atom is -0.496 e. The molecule has 0 aliphatic heterocycles. The highest BCUT2D eigenvalue weighted by Gasteiger charge is 2.23. The van der Waals surface area contributed by atoms with Gasteiger partial charge in [0.05, 0.1) is 12.2 Å². The molecular formula is C13H16O3S2. The van der Waals surface area contributed by atoms with E-state index in [0.29, 0.717) is 0 Å². The average Bonchev–Trinajstić information content (AvgIpc) is 2.79. The average molecular weight is 284 g/mol. The minimum absolute atomic E-state index is 0.193. The third-order valence-electron chi connectivity index (χ3n) is 3.02. The van der Waals surface area contributed by atoms with Crippen molar-refractivity contribution in [3.8, 4) is 5.75 Å². The lowest BCUT2D eigenvalue weighted by Gasteiger charge is -2.16. The molecule has 0 bridgehead atoms. The maximum absolute atomic E-state index is 10.7. The van der Waals surface area contributed by atoms with Crippen LogP contribution in [0.15, 0.2) is 24.3 Å². The van der Waals surface area contributed by atoms with E-state index in [2.05, 4.69) is 19.1 Å². The van der Waals surface area contributed by atoms with Gasteiger partial charge in [0, 0.05) is 10.8 Å². The Bertz CT molecular complexity index is 497. The second-order valence-corrected chi connectivity index (χ2v) is 6.73. The van der Waals surface area contributed by atoms with Crippen LogP contribution < -0.4 is 4.74 Å². The predicted octanol–water partition coefficient (Wildman–Crippen LogP) is 2.94. The van der Waals surface area contributed by atoms with E-state index in [0.717, 1.165) is 17.7 Å². The molecule has 1 aliphatic rings. The summed E-state index contributed by atoms with van der Waals surface area (Å²) in [5.41, 5.74) is 3.63. The van der Waals surface area contributed by atoms with E-state index in [-0.39, 0.29) is 10.3 Å². The van der Waals surface area contributed by atoms with Crippen LogP contribution in [0.5, 0.6) is 5.75 Å². The van der Waals surface area contributed by atoms with Crippen molar-refractivity contribution in [3.63, 3.8) is 0 Å². The Balaban J connectivity index is 2.22. The van der Waals surface area contributed by atoms with E-state index in [1.54, 1.807) is 7.11 Å². The highest BCUT2D eigenvalue weighted by molar-refractivity contribution is 8.09. The number of methoxy groups -OCH3 is 1. The van der Waals surface area contributed by atoms with E-state index < -0.39 is 11.1 Å². The van der Waals surface area contributed by atoms with Gasteiger partial charge in [0.1, 0.15) is 5.75 Å². The van der Waals surface area contributed by atoms with Crippen LogP contribution in [-0.2, 0) is 17.5 Å². The number of thioether (sulfide) groups is 1. The molecule has 0 spiro atoms. The fourth-order valence-electron chi connectivity index (χ4n) is 2.19. The third kappa shape index (κ3) is 2.79. The summed E-state index contributed by atoms with van der Waals surface area (Å²) >= 11 is -0.256. The fraction of sp³-hybridized carbons (Fsp3) is 0.385. The maximum Gasteiger partial charge on any atom is 0.163 e. The van der Waals surface area contributed by atoms with Crippen LogP contribution in [0.1, 0.15) is 18.1 Å². The zero-order valence-electron chi connectivity index (χ0n) is 10.4.